The van der Waals surface area contributed by atoms with E-state index in [-0.39, 0.29) is 18.0 Å². The molecule has 2 N–H and O–H groups in total. The molecule has 1 heterocycles. The summed E-state index contributed by atoms with van der Waals surface area (Å²) in [6.07, 6.45) is 2.96. The van der Waals surface area contributed by atoms with E-state index in [2.05, 4.69) is 28.8 Å². The first-order valence-corrected chi connectivity index (χ1v) is 13.2. The maximum Gasteiger partial charge on any atom is 0.252 e. The minimum atomic E-state index is -3.21. The fourth-order valence-corrected chi connectivity index (χ4v) is 5.82. The van der Waals surface area contributed by atoms with Gasteiger partial charge in [0.2, 0.25) is 10.0 Å². The molecule has 0 saturated carbocycles. The van der Waals surface area contributed by atoms with Crippen molar-refractivity contribution in [3.05, 3.63) is 77.4 Å². The molecule has 0 bridgehead atoms. The lowest BCUT2D eigenvalue weighted by atomic mass is 9.99. The number of anilines is 1. The molecular formula is C26H31N3O3S. The van der Waals surface area contributed by atoms with Crippen molar-refractivity contribution < 1.29 is 13.2 Å². The van der Waals surface area contributed by atoms with E-state index >= 15 is 0 Å². The number of sulfonamides is 1. The van der Waals surface area contributed by atoms with Gasteiger partial charge in [-0.1, -0.05) is 48.5 Å². The van der Waals surface area contributed by atoms with Crippen molar-refractivity contribution in [3.63, 3.8) is 0 Å². The second-order valence-corrected chi connectivity index (χ2v) is 10.8. The van der Waals surface area contributed by atoms with Gasteiger partial charge < -0.3 is 10.6 Å². The van der Waals surface area contributed by atoms with Crippen LogP contribution < -0.4 is 10.6 Å². The van der Waals surface area contributed by atoms with Gasteiger partial charge in [0.15, 0.2) is 0 Å². The normalized spacial score (nSPS) is 17.7. The average Bonchev–Trinajstić information content (AvgIpc) is 3.27. The monoisotopic (exact) mass is 465 g/mol. The van der Waals surface area contributed by atoms with E-state index in [1.807, 2.05) is 56.3 Å². The molecule has 1 saturated heterocycles. The van der Waals surface area contributed by atoms with Crippen LogP contribution in [0.1, 0.15) is 47.3 Å². The summed E-state index contributed by atoms with van der Waals surface area (Å²) in [4.78, 5) is 13.2. The molecule has 2 atom stereocenters. The van der Waals surface area contributed by atoms with Crippen molar-refractivity contribution in [3.8, 4) is 0 Å². The second kappa shape index (κ2) is 9.53. The number of rotatable bonds is 7. The van der Waals surface area contributed by atoms with Crippen LogP contribution in [-0.4, -0.2) is 44.0 Å². The molecule has 1 amide bonds. The molecular weight excluding hydrogens is 434 g/mol. The molecule has 0 spiro atoms. The summed E-state index contributed by atoms with van der Waals surface area (Å²) in [5.74, 6) is -0.129. The zero-order chi connectivity index (χ0) is 23.6. The van der Waals surface area contributed by atoms with Crippen LogP contribution in [0, 0.1) is 6.92 Å². The Balaban J connectivity index is 1.47. The van der Waals surface area contributed by atoms with Crippen LogP contribution in [0.15, 0.2) is 60.7 Å². The number of nitrogens with one attached hydrogen (secondary N) is 2. The van der Waals surface area contributed by atoms with Gasteiger partial charge in [-0.3, -0.25) is 4.79 Å². The maximum absolute atomic E-state index is 13.2. The van der Waals surface area contributed by atoms with Crippen molar-refractivity contribution in [1.29, 1.82) is 0 Å². The Hall–Kier alpha value is -2.90. The maximum atomic E-state index is 13.2. The van der Waals surface area contributed by atoms with Crippen molar-refractivity contribution in [2.75, 3.05) is 24.7 Å². The number of aryl methyl sites for hydroxylation is 1. The Bertz CT molecular complexity index is 1270. The third-order valence-electron chi connectivity index (χ3n) is 6.41. The zero-order valence-electron chi connectivity index (χ0n) is 19.3. The highest BCUT2D eigenvalue weighted by molar-refractivity contribution is 7.88. The summed E-state index contributed by atoms with van der Waals surface area (Å²) in [6.45, 7) is 5.00. The lowest BCUT2D eigenvalue weighted by Crippen LogP contribution is -2.38. The Labute approximate surface area is 196 Å². The molecule has 7 heteroatoms. The van der Waals surface area contributed by atoms with Gasteiger partial charge in [-0.15, -0.1) is 0 Å². The summed E-state index contributed by atoms with van der Waals surface area (Å²) in [7, 11) is -3.21. The Morgan fingerprint density at radius 3 is 2.67 bits per heavy atom. The second-order valence-electron chi connectivity index (χ2n) is 8.84. The number of benzene rings is 3. The van der Waals surface area contributed by atoms with Crippen LogP contribution >= 0.6 is 0 Å². The minimum Gasteiger partial charge on any atom is -0.383 e. The van der Waals surface area contributed by atoms with E-state index in [1.165, 1.54) is 6.26 Å². The highest BCUT2D eigenvalue weighted by atomic mass is 32.2. The highest BCUT2D eigenvalue weighted by Gasteiger charge is 2.31. The first-order valence-electron chi connectivity index (χ1n) is 11.3. The Morgan fingerprint density at radius 2 is 1.88 bits per heavy atom. The van der Waals surface area contributed by atoms with Crippen LogP contribution in [0.3, 0.4) is 0 Å². The van der Waals surface area contributed by atoms with E-state index in [0.29, 0.717) is 18.7 Å². The summed E-state index contributed by atoms with van der Waals surface area (Å²) >= 11 is 0. The molecule has 0 aromatic heterocycles. The first-order chi connectivity index (χ1) is 15.7. The number of hydrogen-bond donors (Lipinski definition) is 2. The molecule has 3 aromatic rings. The summed E-state index contributed by atoms with van der Waals surface area (Å²) in [6, 6.07) is 19.8. The van der Waals surface area contributed by atoms with Gasteiger partial charge in [-0.25, -0.2) is 8.42 Å². The molecule has 0 aliphatic carbocycles. The van der Waals surface area contributed by atoms with Crippen molar-refractivity contribution in [1.82, 2.24) is 9.62 Å². The zero-order valence-corrected chi connectivity index (χ0v) is 20.2. The molecule has 0 unspecified atom stereocenters. The quantitative estimate of drug-likeness (QED) is 0.539. The first kappa shape index (κ1) is 23.3. The van der Waals surface area contributed by atoms with Crippen molar-refractivity contribution in [2.45, 2.75) is 38.8 Å². The SMILES string of the molecule is Cc1ccc(NC[C@@H]2CCCN2S(C)(=O)=O)cc1C(=O)N[C@H](C)c1cccc2ccccc12. The predicted octanol–water partition coefficient (Wildman–Crippen LogP) is 4.48. The van der Waals surface area contributed by atoms with Gasteiger partial charge in [-0.2, -0.15) is 4.31 Å². The van der Waals surface area contributed by atoms with Gasteiger partial charge in [0.25, 0.3) is 5.91 Å². The number of hydrogen-bond acceptors (Lipinski definition) is 4. The Kier molecular flexibility index (Phi) is 6.72. The van der Waals surface area contributed by atoms with Crippen LogP contribution in [0.25, 0.3) is 10.8 Å². The molecule has 1 aliphatic rings. The third-order valence-corrected chi connectivity index (χ3v) is 7.74. The molecule has 1 fully saturated rings. The highest BCUT2D eigenvalue weighted by Crippen LogP contribution is 2.25. The van der Waals surface area contributed by atoms with Gasteiger partial charge >= 0.3 is 0 Å². The summed E-state index contributed by atoms with van der Waals surface area (Å²) in [5, 5.41) is 8.76. The summed E-state index contributed by atoms with van der Waals surface area (Å²) in [5.41, 5.74) is 3.39. The molecule has 33 heavy (non-hydrogen) atoms. The molecule has 0 radical (unpaired) electrons. The van der Waals surface area contributed by atoms with E-state index in [9.17, 15) is 13.2 Å². The Morgan fingerprint density at radius 1 is 1.12 bits per heavy atom. The van der Waals surface area contributed by atoms with E-state index in [4.69, 9.17) is 0 Å². The number of fused-ring (bicyclic) bond motifs is 1. The molecule has 174 valence electrons. The van der Waals surface area contributed by atoms with E-state index in [0.717, 1.165) is 40.4 Å². The predicted molar refractivity (Wildman–Crippen MR) is 134 cm³/mol. The van der Waals surface area contributed by atoms with Crippen LogP contribution in [0.4, 0.5) is 5.69 Å². The lowest BCUT2D eigenvalue weighted by Gasteiger charge is -2.23. The number of carbonyl (C=O) groups is 1. The topological polar surface area (TPSA) is 78.5 Å². The molecule has 4 rings (SSSR count). The standard InChI is InChI=1S/C26H31N3O3S/c1-18-13-14-21(27-17-22-10-7-15-29(22)33(3,31)32)16-25(18)26(30)28-19(2)23-12-6-9-20-8-4-5-11-24(20)23/h4-6,8-9,11-14,16,19,22,27H,7,10,15,17H2,1-3H3,(H,28,30)/t19-,22+/m1/s1. The number of carbonyl (C=O) groups excluding carboxylic acids is 1. The lowest BCUT2D eigenvalue weighted by molar-refractivity contribution is 0.0939. The number of amides is 1. The largest absolute Gasteiger partial charge is 0.383 e. The van der Waals surface area contributed by atoms with Crippen molar-refractivity contribution >= 4 is 32.4 Å². The molecule has 3 aromatic carbocycles. The fraction of sp³-hybridized carbons (Fsp3) is 0.346. The van der Waals surface area contributed by atoms with E-state index < -0.39 is 10.0 Å². The fourth-order valence-electron chi connectivity index (χ4n) is 4.64. The van der Waals surface area contributed by atoms with Crippen LogP contribution in [0.2, 0.25) is 0 Å². The average molecular weight is 466 g/mol. The molecule has 1 aliphatic heterocycles. The van der Waals surface area contributed by atoms with Gasteiger partial charge in [-0.05, 0) is 60.7 Å². The summed E-state index contributed by atoms with van der Waals surface area (Å²) < 4.78 is 25.5. The van der Waals surface area contributed by atoms with Crippen LogP contribution in [-0.2, 0) is 10.0 Å². The van der Waals surface area contributed by atoms with Gasteiger partial charge in [0.1, 0.15) is 0 Å². The third kappa shape index (κ3) is 5.20. The van der Waals surface area contributed by atoms with Crippen molar-refractivity contribution in [2.24, 2.45) is 0 Å². The van der Waals surface area contributed by atoms with Gasteiger partial charge in [0.05, 0.1) is 12.3 Å². The van der Waals surface area contributed by atoms with Crippen LogP contribution in [0.5, 0.6) is 0 Å². The smallest absolute Gasteiger partial charge is 0.252 e. The van der Waals surface area contributed by atoms with E-state index in [1.54, 1.807) is 4.31 Å². The number of nitrogens with zero attached hydrogens (tertiary/aromatic N) is 1. The van der Waals surface area contributed by atoms with Gasteiger partial charge in [0, 0.05) is 30.4 Å². The molecule has 6 nitrogen and oxygen atoms in total. The minimum absolute atomic E-state index is 0.0648.